The molecular weight excluding hydrogens is 496 g/mol. The van der Waals surface area contributed by atoms with Crippen LogP contribution in [0.5, 0.6) is 0 Å². The lowest BCUT2D eigenvalue weighted by molar-refractivity contribution is -0.0592. The Morgan fingerprint density at radius 3 is 2.56 bits per heavy atom. The standard InChI is InChI=1S/C30H32N4O5/c1-29(2)15-19(11-12-38-29)18-9-10-24-20(13-18)14-25(26(35)33(3)21-7-5-4-6-8-21)34(24)30(22-16-37-17-23(22)30)27-31-28(36)39-32-27/h4-10,13-14,19,22-23H,11-12,15-17H2,1-3H3,(H,31,32,36)/t19-,22?,23?,30?/m0/s1. The highest BCUT2D eigenvalue weighted by Gasteiger charge is 2.72. The predicted octanol–water partition coefficient (Wildman–Crippen LogP) is 4.29. The SMILES string of the molecule is CN(C(=O)c1cc2cc([C@H]3CCOC(C)(C)C3)ccc2n1C1(c2noc(=O)[nH]2)C2COCC21)c1ccccc1. The zero-order valence-corrected chi connectivity index (χ0v) is 22.3. The molecule has 1 N–H and O–H groups in total. The summed E-state index contributed by atoms with van der Waals surface area (Å²) in [5.41, 5.74) is 2.61. The number of hydrogen-bond donors (Lipinski definition) is 1. The number of nitrogens with one attached hydrogen (secondary N) is 1. The van der Waals surface area contributed by atoms with Gasteiger partial charge in [-0.3, -0.25) is 14.3 Å². The first-order chi connectivity index (χ1) is 18.8. The molecule has 39 heavy (non-hydrogen) atoms. The fourth-order valence-electron chi connectivity index (χ4n) is 7.02. The summed E-state index contributed by atoms with van der Waals surface area (Å²) in [5, 5.41) is 5.13. The number of carbonyl (C=O) groups is 1. The number of H-pyrrole nitrogens is 1. The lowest BCUT2D eigenvalue weighted by atomic mass is 9.83. The molecule has 0 bridgehead atoms. The van der Waals surface area contributed by atoms with E-state index in [1.807, 2.05) is 36.4 Å². The first-order valence-corrected chi connectivity index (χ1v) is 13.6. The van der Waals surface area contributed by atoms with Crippen LogP contribution in [0.2, 0.25) is 0 Å². The molecule has 2 unspecified atom stereocenters. The van der Waals surface area contributed by atoms with Crippen LogP contribution in [0.4, 0.5) is 5.69 Å². The number of benzene rings is 2. The lowest BCUT2D eigenvalue weighted by Crippen LogP contribution is -2.35. The number of para-hydroxylation sites is 1. The summed E-state index contributed by atoms with van der Waals surface area (Å²) in [6.45, 7) is 6.06. The van der Waals surface area contributed by atoms with Crippen molar-refractivity contribution < 1.29 is 18.8 Å². The lowest BCUT2D eigenvalue weighted by Gasteiger charge is -2.35. The molecule has 2 aliphatic heterocycles. The molecule has 3 aliphatic rings. The van der Waals surface area contributed by atoms with Crippen molar-refractivity contribution in [3.05, 3.63) is 82.2 Å². The number of aromatic amines is 1. The maximum absolute atomic E-state index is 14.2. The monoisotopic (exact) mass is 528 g/mol. The Labute approximate surface area is 225 Å². The van der Waals surface area contributed by atoms with Gasteiger partial charge in [-0.15, -0.1) is 0 Å². The molecule has 9 heteroatoms. The second kappa shape index (κ2) is 8.66. The number of hydrogen-bond acceptors (Lipinski definition) is 6. The van der Waals surface area contributed by atoms with Crippen LogP contribution < -0.4 is 10.7 Å². The number of aromatic nitrogens is 3. The number of fused-ring (bicyclic) bond motifs is 2. The Hall–Kier alpha value is -3.69. The highest BCUT2D eigenvalue weighted by molar-refractivity contribution is 6.08. The normalized spacial score (nSPS) is 27.4. The molecule has 1 amide bonds. The number of anilines is 1. The highest BCUT2D eigenvalue weighted by atomic mass is 16.5. The summed E-state index contributed by atoms with van der Waals surface area (Å²) in [6.07, 6.45) is 1.90. The topological polar surface area (TPSA) is 103 Å². The molecule has 2 aromatic heterocycles. The van der Waals surface area contributed by atoms with Gasteiger partial charge in [-0.2, -0.15) is 0 Å². The fourth-order valence-corrected chi connectivity index (χ4v) is 7.02. The van der Waals surface area contributed by atoms with E-state index in [1.54, 1.807) is 11.9 Å². The second-order valence-corrected chi connectivity index (χ2v) is 11.7. The van der Waals surface area contributed by atoms with Crippen molar-refractivity contribution in [3.8, 4) is 0 Å². The summed E-state index contributed by atoms with van der Waals surface area (Å²) in [4.78, 5) is 30.7. The van der Waals surface area contributed by atoms with E-state index >= 15 is 0 Å². The number of ether oxygens (including phenoxy) is 2. The maximum Gasteiger partial charge on any atom is 0.438 e. The molecule has 7 rings (SSSR count). The number of carbonyl (C=O) groups excluding carboxylic acids is 1. The van der Waals surface area contributed by atoms with Crippen molar-refractivity contribution in [1.82, 2.24) is 14.7 Å². The molecule has 3 atom stereocenters. The van der Waals surface area contributed by atoms with Crippen LogP contribution in [0.3, 0.4) is 0 Å². The van der Waals surface area contributed by atoms with Gasteiger partial charge in [0.05, 0.1) is 18.8 Å². The minimum Gasteiger partial charge on any atom is -0.381 e. The van der Waals surface area contributed by atoms with Crippen molar-refractivity contribution >= 4 is 22.5 Å². The van der Waals surface area contributed by atoms with E-state index in [0.29, 0.717) is 30.7 Å². The van der Waals surface area contributed by atoms with Gasteiger partial charge >= 0.3 is 5.76 Å². The summed E-state index contributed by atoms with van der Waals surface area (Å²) >= 11 is 0. The fraction of sp³-hybridized carbons (Fsp3) is 0.433. The third-order valence-electron chi connectivity index (χ3n) is 8.95. The van der Waals surface area contributed by atoms with Gasteiger partial charge in [-0.1, -0.05) is 29.4 Å². The third kappa shape index (κ3) is 3.71. The van der Waals surface area contributed by atoms with Crippen LogP contribution in [0, 0.1) is 11.8 Å². The van der Waals surface area contributed by atoms with Gasteiger partial charge < -0.3 is 18.9 Å². The Balaban J connectivity index is 1.41. The quantitative estimate of drug-likeness (QED) is 0.415. The van der Waals surface area contributed by atoms with E-state index in [4.69, 9.17) is 14.0 Å². The van der Waals surface area contributed by atoms with Gasteiger partial charge in [0.2, 0.25) is 0 Å². The van der Waals surface area contributed by atoms with Crippen molar-refractivity contribution in [1.29, 1.82) is 0 Å². The number of rotatable bonds is 5. The molecule has 0 spiro atoms. The van der Waals surface area contributed by atoms with Gasteiger partial charge in [-0.05, 0) is 68.5 Å². The van der Waals surface area contributed by atoms with E-state index in [0.717, 1.165) is 36.0 Å². The van der Waals surface area contributed by atoms with Gasteiger partial charge in [0.15, 0.2) is 5.82 Å². The molecule has 3 fully saturated rings. The van der Waals surface area contributed by atoms with Gasteiger partial charge in [-0.25, -0.2) is 4.79 Å². The molecule has 1 saturated carbocycles. The summed E-state index contributed by atoms with van der Waals surface area (Å²) in [6, 6.07) is 18.1. The predicted molar refractivity (Wildman–Crippen MR) is 145 cm³/mol. The van der Waals surface area contributed by atoms with Crippen LogP contribution in [0.1, 0.15) is 54.5 Å². The van der Waals surface area contributed by atoms with Crippen LogP contribution >= 0.6 is 0 Å². The molecule has 0 radical (unpaired) electrons. The molecule has 2 saturated heterocycles. The molecule has 4 heterocycles. The van der Waals surface area contributed by atoms with Gasteiger partial charge in [0.1, 0.15) is 11.2 Å². The number of nitrogens with zero attached hydrogens (tertiary/aromatic N) is 3. The van der Waals surface area contributed by atoms with Crippen molar-refractivity contribution in [2.75, 3.05) is 31.8 Å². The van der Waals surface area contributed by atoms with Crippen molar-refractivity contribution in [3.63, 3.8) is 0 Å². The zero-order valence-electron chi connectivity index (χ0n) is 22.3. The highest BCUT2D eigenvalue weighted by Crippen LogP contribution is 2.64. The molecule has 1 aliphatic carbocycles. The zero-order chi connectivity index (χ0) is 26.9. The van der Waals surface area contributed by atoms with E-state index in [1.165, 1.54) is 5.56 Å². The minimum atomic E-state index is -0.725. The molecule has 202 valence electrons. The van der Waals surface area contributed by atoms with Crippen LogP contribution in [0.15, 0.2) is 63.9 Å². The molecular formula is C30H32N4O5. The Bertz CT molecular complexity index is 1610. The van der Waals surface area contributed by atoms with E-state index in [2.05, 4.69) is 46.8 Å². The average Bonchev–Trinajstić information content (AvgIpc) is 3.42. The van der Waals surface area contributed by atoms with Crippen molar-refractivity contribution in [2.24, 2.45) is 11.8 Å². The van der Waals surface area contributed by atoms with Crippen LogP contribution in [-0.2, 0) is 15.0 Å². The van der Waals surface area contributed by atoms with E-state index < -0.39 is 11.3 Å². The Morgan fingerprint density at radius 2 is 1.87 bits per heavy atom. The molecule has 9 nitrogen and oxygen atoms in total. The van der Waals surface area contributed by atoms with Crippen LogP contribution in [-0.4, -0.2) is 53.1 Å². The first kappa shape index (κ1) is 24.4. The Morgan fingerprint density at radius 1 is 1.10 bits per heavy atom. The van der Waals surface area contributed by atoms with Crippen molar-refractivity contribution in [2.45, 2.75) is 43.7 Å². The summed E-state index contributed by atoms with van der Waals surface area (Å²) in [5.74, 6) is 0.210. The van der Waals surface area contributed by atoms with E-state index in [9.17, 15) is 9.59 Å². The molecule has 2 aromatic carbocycles. The average molecular weight is 529 g/mol. The number of amides is 1. The Kier molecular flexibility index (Phi) is 5.41. The summed E-state index contributed by atoms with van der Waals surface area (Å²) in [7, 11) is 1.79. The maximum atomic E-state index is 14.2. The largest absolute Gasteiger partial charge is 0.438 e. The second-order valence-electron chi connectivity index (χ2n) is 11.7. The minimum absolute atomic E-state index is 0.0680. The van der Waals surface area contributed by atoms with Gasteiger partial charge in [0, 0.05) is 42.1 Å². The first-order valence-electron chi connectivity index (χ1n) is 13.6. The molecule has 4 aromatic rings. The summed E-state index contributed by atoms with van der Waals surface area (Å²) < 4.78 is 18.8. The van der Waals surface area contributed by atoms with Crippen LogP contribution in [0.25, 0.3) is 10.9 Å². The van der Waals surface area contributed by atoms with E-state index in [-0.39, 0.29) is 23.3 Å². The third-order valence-corrected chi connectivity index (χ3v) is 8.95. The smallest absolute Gasteiger partial charge is 0.381 e. The van der Waals surface area contributed by atoms with Gasteiger partial charge in [0.25, 0.3) is 5.91 Å².